The number of hydrogen-bond acceptors (Lipinski definition) is 5. The number of aryl methyl sites for hydroxylation is 1. The largest absolute Gasteiger partial charge is 0.454 e. The quantitative estimate of drug-likeness (QED) is 0.461. The minimum Gasteiger partial charge on any atom is -0.454 e. The molecule has 0 atom stereocenters. The Hall–Kier alpha value is -4.33. The third kappa shape index (κ3) is 4.43. The lowest BCUT2D eigenvalue weighted by Gasteiger charge is -2.23. The topological polar surface area (TPSA) is 85.7 Å². The fraction of sp³-hybridized carbons (Fsp3) is 0.192. The number of carbonyl (C=O) groups is 2. The van der Waals surface area contributed by atoms with E-state index >= 15 is 0 Å². The van der Waals surface area contributed by atoms with Gasteiger partial charge in [-0.2, -0.15) is 0 Å². The van der Waals surface area contributed by atoms with Crippen LogP contribution in [-0.4, -0.2) is 34.7 Å². The summed E-state index contributed by atoms with van der Waals surface area (Å²) in [5.74, 6) is 1.64. The molecule has 3 aromatic carbocycles. The second kappa shape index (κ2) is 9.27. The minimum atomic E-state index is -0.262. The molecule has 0 radical (unpaired) electrons. The third-order valence-electron chi connectivity index (χ3n) is 5.74. The van der Waals surface area contributed by atoms with Gasteiger partial charge >= 0.3 is 0 Å². The maximum atomic E-state index is 13.4. The van der Waals surface area contributed by atoms with Gasteiger partial charge in [0, 0.05) is 12.2 Å². The SMILES string of the molecule is Cc1nc2ccccc2n1CC(=O)N(CC(=O)NCc1ccc2c(c1)OCO2)c1ccccc1. The van der Waals surface area contributed by atoms with E-state index in [0.29, 0.717) is 23.7 Å². The van der Waals surface area contributed by atoms with E-state index in [0.717, 1.165) is 22.4 Å². The summed E-state index contributed by atoms with van der Waals surface area (Å²) in [5, 5.41) is 2.90. The summed E-state index contributed by atoms with van der Waals surface area (Å²) < 4.78 is 12.6. The molecule has 0 saturated heterocycles. The molecule has 5 rings (SSSR count). The normalized spacial score (nSPS) is 12.0. The average molecular weight is 457 g/mol. The number of nitrogens with one attached hydrogen (secondary N) is 1. The van der Waals surface area contributed by atoms with Crippen LogP contribution in [-0.2, 0) is 22.7 Å². The highest BCUT2D eigenvalue weighted by atomic mass is 16.7. The van der Waals surface area contributed by atoms with E-state index in [4.69, 9.17) is 9.47 Å². The molecule has 8 heteroatoms. The van der Waals surface area contributed by atoms with E-state index < -0.39 is 0 Å². The summed E-state index contributed by atoms with van der Waals surface area (Å²) in [7, 11) is 0. The molecule has 34 heavy (non-hydrogen) atoms. The lowest BCUT2D eigenvalue weighted by Crippen LogP contribution is -2.42. The van der Waals surface area contributed by atoms with Gasteiger partial charge in [0.25, 0.3) is 0 Å². The molecule has 1 N–H and O–H groups in total. The highest BCUT2D eigenvalue weighted by molar-refractivity contribution is 5.99. The van der Waals surface area contributed by atoms with E-state index in [9.17, 15) is 9.59 Å². The molecule has 0 saturated carbocycles. The van der Waals surface area contributed by atoms with E-state index in [1.807, 2.05) is 84.3 Å². The molecule has 0 bridgehead atoms. The number of hydrogen-bond donors (Lipinski definition) is 1. The van der Waals surface area contributed by atoms with Crippen molar-refractivity contribution in [2.45, 2.75) is 20.0 Å². The van der Waals surface area contributed by atoms with Gasteiger partial charge in [0.05, 0.1) is 11.0 Å². The number of fused-ring (bicyclic) bond motifs is 2. The number of anilines is 1. The lowest BCUT2D eigenvalue weighted by atomic mass is 10.2. The Morgan fingerprint density at radius 2 is 1.76 bits per heavy atom. The number of benzene rings is 3. The fourth-order valence-corrected chi connectivity index (χ4v) is 4.00. The molecule has 172 valence electrons. The summed E-state index contributed by atoms with van der Waals surface area (Å²) >= 11 is 0. The lowest BCUT2D eigenvalue weighted by molar-refractivity contribution is -0.124. The number of rotatable bonds is 7. The van der Waals surface area contributed by atoms with Crippen LogP contribution in [0.2, 0.25) is 0 Å². The average Bonchev–Trinajstić information content (AvgIpc) is 3.45. The molecule has 2 amide bonds. The molecular weight excluding hydrogens is 432 g/mol. The van der Waals surface area contributed by atoms with E-state index in [1.54, 1.807) is 0 Å². The molecule has 8 nitrogen and oxygen atoms in total. The monoisotopic (exact) mass is 456 g/mol. The van der Waals surface area contributed by atoms with Crippen LogP contribution in [0.25, 0.3) is 11.0 Å². The standard InChI is InChI=1S/C26H24N4O4/c1-18-28-21-9-5-6-10-22(21)29(18)16-26(32)30(20-7-3-2-4-8-20)15-25(31)27-14-19-11-12-23-24(13-19)34-17-33-23/h2-13H,14-17H2,1H3,(H,27,31). The van der Waals surface area contributed by atoms with Crippen LogP contribution >= 0.6 is 0 Å². The zero-order chi connectivity index (χ0) is 23.5. The number of nitrogens with zero attached hydrogens (tertiary/aromatic N) is 3. The number of imidazole rings is 1. The first-order valence-corrected chi connectivity index (χ1v) is 11.0. The number of aromatic nitrogens is 2. The van der Waals surface area contributed by atoms with Crippen molar-refractivity contribution in [3.63, 3.8) is 0 Å². The highest BCUT2D eigenvalue weighted by Crippen LogP contribution is 2.32. The zero-order valence-electron chi connectivity index (χ0n) is 18.7. The number of para-hydroxylation sites is 3. The van der Waals surface area contributed by atoms with Crippen LogP contribution in [0.4, 0.5) is 5.69 Å². The van der Waals surface area contributed by atoms with Gasteiger partial charge in [0.2, 0.25) is 18.6 Å². The highest BCUT2D eigenvalue weighted by Gasteiger charge is 2.21. The summed E-state index contributed by atoms with van der Waals surface area (Å²) in [6.45, 7) is 2.37. The molecule has 1 aliphatic rings. The van der Waals surface area contributed by atoms with Crippen molar-refractivity contribution in [1.29, 1.82) is 0 Å². The third-order valence-corrected chi connectivity index (χ3v) is 5.74. The van der Waals surface area contributed by atoms with Gasteiger partial charge in [-0.25, -0.2) is 4.98 Å². The van der Waals surface area contributed by atoms with Crippen LogP contribution in [0.15, 0.2) is 72.8 Å². The molecule has 1 aromatic heterocycles. The van der Waals surface area contributed by atoms with Crippen molar-refractivity contribution < 1.29 is 19.1 Å². The van der Waals surface area contributed by atoms with Gasteiger partial charge < -0.3 is 24.3 Å². The number of carbonyl (C=O) groups excluding carboxylic acids is 2. The first kappa shape index (κ1) is 21.5. The van der Waals surface area contributed by atoms with E-state index in [1.165, 1.54) is 4.90 Å². The Morgan fingerprint density at radius 1 is 1.00 bits per heavy atom. The van der Waals surface area contributed by atoms with Gasteiger partial charge in [-0.3, -0.25) is 9.59 Å². The Kier molecular flexibility index (Phi) is 5.86. The smallest absolute Gasteiger partial charge is 0.247 e. The van der Waals surface area contributed by atoms with Gasteiger partial charge in [0.1, 0.15) is 18.9 Å². The van der Waals surface area contributed by atoms with Gasteiger partial charge in [-0.05, 0) is 48.9 Å². The summed E-state index contributed by atoms with van der Waals surface area (Å²) in [5.41, 5.74) is 3.26. The minimum absolute atomic E-state index is 0.0800. The maximum Gasteiger partial charge on any atom is 0.247 e. The molecule has 2 heterocycles. The molecule has 0 aliphatic carbocycles. The second-order valence-electron chi connectivity index (χ2n) is 8.01. The van der Waals surface area contributed by atoms with Crippen molar-refractivity contribution in [3.05, 3.63) is 84.2 Å². The van der Waals surface area contributed by atoms with Crippen molar-refractivity contribution in [3.8, 4) is 11.5 Å². The Balaban J connectivity index is 1.31. The van der Waals surface area contributed by atoms with Crippen LogP contribution in [0.5, 0.6) is 11.5 Å². The van der Waals surface area contributed by atoms with Crippen molar-refractivity contribution in [2.75, 3.05) is 18.2 Å². The van der Waals surface area contributed by atoms with Crippen LogP contribution in [0.1, 0.15) is 11.4 Å². The van der Waals surface area contributed by atoms with Crippen LogP contribution in [0.3, 0.4) is 0 Å². The maximum absolute atomic E-state index is 13.4. The Morgan fingerprint density at radius 3 is 2.62 bits per heavy atom. The van der Waals surface area contributed by atoms with Gasteiger partial charge in [0.15, 0.2) is 11.5 Å². The fourth-order valence-electron chi connectivity index (χ4n) is 4.00. The Labute approximate surface area is 196 Å². The molecular formula is C26H24N4O4. The molecule has 4 aromatic rings. The van der Waals surface area contributed by atoms with Crippen molar-refractivity contribution in [2.24, 2.45) is 0 Å². The summed E-state index contributed by atoms with van der Waals surface area (Å²) in [6, 6.07) is 22.4. The van der Waals surface area contributed by atoms with Crippen LogP contribution < -0.4 is 19.7 Å². The second-order valence-corrected chi connectivity index (χ2v) is 8.01. The summed E-state index contributed by atoms with van der Waals surface area (Å²) in [4.78, 5) is 32.3. The van der Waals surface area contributed by atoms with Gasteiger partial charge in [-0.15, -0.1) is 0 Å². The zero-order valence-corrected chi connectivity index (χ0v) is 18.7. The van der Waals surface area contributed by atoms with Crippen LogP contribution in [0, 0.1) is 6.92 Å². The molecule has 0 spiro atoms. The number of amides is 2. The Bertz CT molecular complexity index is 1350. The molecule has 0 fully saturated rings. The first-order chi connectivity index (χ1) is 16.6. The molecule has 0 unspecified atom stereocenters. The van der Waals surface area contributed by atoms with E-state index in [-0.39, 0.29) is 31.7 Å². The first-order valence-electron chi connectivity index (χ1n) is 11.0. The molecule has 1 aliphatic heterocycles. The van der Waals surface area contributed by atoms with Gasteiger partial charge in [-0.1, -0.05) is 36.4 Å². The predicted molar refractivity (Wildman–Crippen MR) is 128 cm³/mol. The van der Waals surface area contributed by atoms with E-state index in [2.05, 4.69) is 10.3 Å². The summed E-state index contributed by atoms with van der Waals surface area (Å²) in [6.07, 6.45) is 0. The van der Waals surface area contributed by atoms with Crippen molar-refractivity contribution >= 4 is 28.5 Å². The van der Waals surface area contributed by atoms with Crippen molar-refractivity contribution in [1.82, 2.24) is 14.9 Å². The number of ether oxygens (including phenoxy) is 2. The predicted octanol–water partition coefficient (Wildman–Crippen LogP) is 3.42.